The number of nitrogens with zero attached hydrogens (tertiary/aromatic N) is 2. The van der Waals surface area contributed by atoms with Gasteiger partial charge in [0.15, 0.2) is 6.10 Å². The van der Waals surface area contributed by atoms with E-state index in [2.05, 4.69) is 23.1 Å². The fourth-order valence-corrected chi connectivity index (χ4v) is 10.5. The predicted octanol–water partition coefficient (Wildman–Crippen LogP) is 6.50. The van der Waals surface area contributed by atoms with Crippen molar-refractivity contribution in [3.05, 3.63) is 34.9 Å². The number of nitrogens with two attached hydrogens (primary N) is 1. The Morgan fingerprint density at radius 1 is 0.886 bits per heavy atom. The molecule has 0 aliphatic carbocycles. The maximum absolute atomic E-state index is 14.3. The number of aromatic nitrogens is 2. The van der Waals surface area contributed by atoms with Gasteiger partial charge in [0.25, 0.3) is 0 Å². The lowest BCUT2D eigenvalue weighted by Gasteiger charge is -2.38. The zero-order chi connectivity index (χ0) is 51.7. The maximum atomic E-state index is 14.3. The van der Waals surface area contributed by atoms with Crippen LogP contribution in [0.25, 0.3) is 0 Å². The standard InChI is InChI=1S/C47H81N3O18P2/c1-4-5-15-21-34(51)25-26-36-38(52)29-39(53)37-22-17-13-14-19-24-43(55)66-35(30-63-42(54)23-18-12-10-8-6-7-9-11-16-20-33(2)3)31-64-69(59,60)68-70(61,62)65-32-40(45(57)44(36)56)67-46(37)50-28-27-41(48)49-47(50)58/h25-28,33-38,40,44-46,51-52,56-57H,4-24,29-32H2,1-3H3,(H,59,60)(H,61,62)(H2,48,49,58)/b26-25-/t34-,35+,36-,37-,38+,40+,44-,45+,46+/m0/s1. The van der Waals surface area contributed by atoms with Crippen LogP contribution in [0.2, 0.25) is 0 Å². The van der Waals surface area contributed by atoms with E-state index in [1.54, 1.807) is 0 Å². The highest BCUT2D eigenvalue weighted by Crippen LogP contribution is 2.60. The molecule has 8 N–H and O–H groups in total. The average Bonchev–Trinajstić information content (AvgIpc) is 3.28. The highest BCUT2D eigenvalue weighted by Gasteiger charge is 2.45. The van der Waals surface area contributed by atoms with Crippen LogP contribution in [0.15, 0.2) is 29.2 Å². The Balaban J connectivity index is 1.82. The van der Waals surface area contributed by atoms with Crippen molar-refractivity contribution >= 4 is 39.2 Å². The third-order valence-electron chi connectivity index (χ3n) is 12.4. The number of rotatable bonds is 21. The van der Waals surface area contributed by atoms with Crippen LogP contribution in [0.1, 0.15) is 168 Å². The van der Waals surface area contributed by atoms with E-state index in [0.717, 1.165) is 49.0 Å². The van der Waals surface area contributed by atoms with Crippen LogP contribution in [0.3, 0.4) is 0 Å². The van der Waals surface area contributed by atoms with Crippen LogP contribution >= 0.6 is 15.6 Å². The van der Waals surface area contributed by atoms with Gasteiger partial charge in [0.2, 0.25) is 0 Å². The molecule has 70 heavy (non-hydrogen) atoms. The number of fused-ring (bicyclic) bond motifs is 3. The third-order valence-corrected chi connectivity index (χ3v) is 15.0. The zero-order valence-electron chi connectivity index (χ0n) is 41.2. The van der Waals surface area contributed by atoms with Gasteiger partial charge in [-0.3, -0.25) is 28.0 Å². The second-order valence-corrected chi connectivity index (χ2v) is 22.0. The summed E-state index contributed by atoms with van der Waals surface area (Å²) in [6.45, 7) is 3.74. The highest BCUT2D eigenvalue weighted by atomic mass is 31.3. The van der Waals surface area contributed by atoms with Crippen molar-refractivity contribution < 1.29 is 81.3 Å². The first-order chi connectivity index (χ1) is 33.2. The smallest absolute Gasteiger partial charge is 0.462 e. The van der Waals surface area contributed by atoms with Crippen LogP contribution in [0.4, 0.5) is 5.82 Å². The molecular formula is C47H81N3O18P2. The molecule has 0 spiro atoms. The fourth-order valence-electron chi connectivity index (χ4n) is 8.39. The van der Waals surface area contributed by atoms with Crippen LogP contribution in [-0.2, 0) is 51.1 Å². The molecule has 0 saturated carbocycles. The molecule has 0 radical (unpaired) electrons. The number of esters is 2. The molecule has 1 aromatic heterocycles. The number of aliphatic hydroxyl groups is 4. The predicted molar refractivity (Wildman–Crippen MR) is 258 cm³/mol. The minimum absolute atomic E-state index is 0.000878. The van der Waals surface area contributed by atoms with E-state index in [9.17, 15) is 58.5 Å². The number of phosphoric acid groups is 2. The Morgan fingerprint density at radius 2 is 1.51 bits per heavy atom. The summed E-state index contributed by atoms with van der Waals surface area (Å²) >= 11 is 0. The number of Topliss-reactive ketones (excluding diaryl/α,β-unsaturated/α-hetero) is 1. The number of carbonyl (C=O) groups is 3. The van der Waals surface area contributed by atoms with Crippen LogP contribution < -0.4 is 11.4 Å². The number of nitrogen functional groups attached to an aromatic ring is 1. The number of anilines is 1. The minimum atomic E-state index is -5.70. The lowest BCUT2D eigenvalue weighted by Crippen LogP contribution is -2.51. The molecule has 21 nitrogen and oxygen atoms in total. The van der Waals surface area contributed by atoms with Crippen LogP contribution in [0.5, 0.6) is 0 Å². The molecule has 2 aliphatic rings. The number of carbonyl (C=O) groups excluding carboxylic acids is 3. The van der Waals surface area contributed by atoms with E-state index in [0.29, 0.717) is 38.5 Å². The summed E-state index contributed by atoms with van der Waals surface area (Å²) in [5, 5.41) is 45.5. The topological polar surface area (TPSA) is 323 Å². The van der Waals surface area contributed by atoms with Gasteiger partial charge in [-0.1, -0.05) is 129 Å². The summed E-state index contributed by atoms with van der Waals surface area (Å²) in [6.07, 6.45) is 6.01. The van der Waals surface area contributed by atoms with E-state index in [4.69, 9.17) is 29.0 Å². The molecule has 0 aromatic carbocycles. The summed E-state index contributed by atoms with van der Waals surface area (Å²) in [6, 6.07) is 1.23. The number of ketones is 1. The Morgan fingerprint density at radius 3 is 2.17 bits per heavy atom. The molecule has 2 saturated heterocycles. The number of aliphatic hydroxyl groups excluding tert-OH is 4. The number of phosphoric ester groups is 2. The first-order valence-corrected chi connectivity index (χ1v) is 28.2. The Hall–Kier alpha value is -2.91. The largest absolute Gasteiger partial charge is 0.481 e. The molecule has 2 bridgehead atoms. The third kappa shape index (κ3) is 23.8. The van der Waals surface area contributed by atoms with Gasteiger partial charge in [-0.05, 0) is 37.7 Å². The number of cyclic esters (lactones) is 1. The maximum Gasteiger partial charge on any atom is 0.481 e. The van der Waals surface area contributed by atoms with Crippen molar-refractivity contribution in [1.82, 2.24) is 9.55 Å². The first kappa shape index (κ1) is 61.4. The van der Waals surface area contributed by atoms with Gasteiger partial charge in [-0.15, -0.1) is 0 Å². The summed E-state index contributed by atoms with van der Waals surface area (Å²) in [5.41, 5.74) is 4.75. The zero-order valence-corrected chi connectivity index (χ0v) is 43.0. The summed E-state index contributed by atoms with van der Waals surface area (Å²) in [5.74, 6) is -4.19. The van der Waals surface area contributed by atoms with E-state index in [-0.39, 0.29) is 31.5 Å². The molecular weight excluding hydrogens is 956 g/mol. The first-order valence-electron chi connectivity index (χ1n) is 25.2. The minimum Gasteiger partial charge on any atom is -0.462 e. The summed E-state index contributed by atoms with van der Waals surface area (Å²) in [4.78, 5) is 78.2. The molecule has 0 amide bonds. The number of unbranched alkanes of at least 4 members (excludes halogenated alkanes) is 10. The number of hydrogen-bond donors (Lipinski definition) is 7. The molecule has 1 aromatic rings. The molecule has 11 atom stereocenters. The molecule has 402 valence electrons. The average molecular weight is 1040 g/mol. The van der Waals surface area contributed by atoms with Gasteiger partial charge in [0.1, 0.15) is 36.6 Å². The fraction of sp³-hybridized carbons (Fsp3) is 0.809. The van der Waals surface area contributed by atoms with Crippen molar-refractivity contribution in [3.8, 4) is 0 Å². The molecule has 3 rings (SSSR count). The van der Waals surface area contributed by atoms with Gasteiger partial charge in [-0.2, -0.15) is 9.29 Å². The highest BCUT2D eigenvalue weighted by molar-refractivity contribution is 7.61. The quantitative estimate of drug-likeness (QED) is 0.0299. The summed E-state index contributed by atoms with van der Waals surface area (Å²) < 4.78 is 58.8. The van der Waals surface area contributed by atoms with E-state index in [1.807, 2.05) is 6.92 Å². The SMILES string of the molecule is CCCCC[C@H](O)/C=C\[C@@H]1[C@H](O)[C@H](O)[C@H]2COP(=O)(O)OP(=O)(O)OC[C@@H](COC(=O)CCCCCCCCCCCC(C)C)OC(=O)CCCCCC[C@@H](C(=O)C[C@H]1O)[C@H](n1ccc(N)nc1=O)O2. The van der Waals surface area contributed by atoms with Crippen molar-refractivity contribution in [2.75, 3.05) is 25.6 Å². The van der Waals surface area contributed by atoms with Crippen molar-refractivity contribution in [2.45, 2.75) is 205 Å². The molecule has 2 unspecified atom stereocenters. The lowest BCUT2D eigenvalue weighted by atomic mass is 9.83. The molecule has 3 heterocycles. The second-order valence-electron chi connectivity index (χ2n) is 18.9. The summed E-state index contributed by atoms with van der Waals surface area (Å²) in [7, 11) is -11.3. The van der Waals surface area contributed by atoms with Crippen LogP contribution in [-0.4, -0.2) is 114 Å². The van der Waals surface area contributed by atoms with E-state index >= 15 is 0 Å². The van der Waals surface area contributed by atoms with Crippen molar-refractivity contribution in [1.29, 1.82) is 0 Å². The van der Waals surface area contributed by atoms with E-state index < -0.39 is 120 Å². The Kier molecular flexibility index (Phi) is 28.3. The lowest BCUT2D eigenvalue weighted by molar-refractivity contribution is -0.184. The van der Waals surface area contributed by atoms with E-state index in [1.165, 1.54) is 56.5 Å². The molecule has 23 heteroatoms. The second kappa shape index (κ2) is 32.3. The van der Waals surface area contributed by atoms with Gasteiger partial charge in [0.05, 0.1) is 37.4 Å². The number of ether oxygens (including phenoxy) is 3. The Labute approximate surface area is 412 Å². The van der Waals surface area contributed by atoms with Gasteiger partial charge in [-0.25, -0.2) is 13.9 Å². The van der Waals surface area contributed by atoms with Crippen molar-refractivity contribution in [2.24, 2.45) is 17.8 Å². The monoisotopic (exact) mass is 1040 g/mol. The Bertz CT molecular complexity index is 1900. The van der Waals surface area contributed by atoms with Gasteiger partial charge in [0, 0.05) is 31.4 Å². The van der Waals surface area contributed by atoms with Crippen molar-refractivity contribution in [3.63, 3.8) is 0 Å². The van der Waals surface area contributed by atoms with Gasteiger partial charge < -0.3 is 50.2 Å². The normalized spacial score (nSPS) is 30.0. The molecule has 2 aliphatic heterocycles. The number of hydrogen-bond acceptors (Lipinski definition) is 18. The van der Waals surface area contributed by atoms with Crippen LogP contribution in [0, 0.1) is 17.8 Å². The molecule has 2 fully saturated rings. The van der Waals surface area contributed by atoms with Gasteiger partial charge >= 0.3 is 33.3 Å².